The lowest BCUT2D eigenvalue weighted by atomic mass is 10.3. The maximum atomic E-state index is 12.3. The number of carbonyl (C=O) groups is 1. The second-order valence-electron chi connectivity index (χ2n) is 5.15. The van der Waals surface area contributed by atoms with Crippen molar-refractivity contribution in [3.05, 3.63) is 71.5 Å². The third-order valence-corrected chi connectivity index (χ3v) is 3.63. The lowest BCUT2D eigenvalue weighted by Crippen LogP contribution is -2.14. The average molecular weight is 358 g/mol. The van der Waals surface area contributed by atoms with Crippen LogP contribution in [-0.2, 0) is 6.73 Å². The van der Waals surface area contributed by atoms with Crippen molar-refractivity contribution < 1.29 is 14.3 Å². The molecule has 25 heavy (non-hydrogen) atoms. The molecule has 3 rings (SSSR count). The molecule has 0 saturated carbocycles. The Labute approximate surface area is 149 Å². The summed E-state index contributed by atoms with van der Waals surface area (Å²) < 4.78 is 12.3. The molecule has 2 aromatic carbocycles. The number of hydrogen-bond acceptors (Lipinski definition) is 4. The summed E-state index contributed by atoms with van der Waals surface area (Å²) in [6.45, 7) is 0.189. The van der Waals surface area contributed by atoms with Crippen LogP contribution in [0.3, 0.4) is 0 Å². The van der Waals surface area contributed by atoms with Crippen LogP contribution >= 0.6 is 11.6 Å². The zero-order chi connectivity index (χ0) is 17.6. The Hall–Kier alpha value is -2.99. The summed E-state index contributed by atoms with van der Waals surface area (Å²) in [5.41, 5.74) is 0.929. The molecular weight excluding hydrogens is 342 g/mol. The van der Waals surface area contributed by atoms with Gasteiger partial charge in [-0.05, 0) is 42.5 Å². The van der Waals surface area contributed by atoms with Gasteiger partial charge in [-0.15, -0.1) is 0 Å². The van der Waals surface area contributed by atoms with E-state index in [2.05, 4.69) is 10.4 Å². The molecule has 3 aromatic rings. The van der Waals surface area contributed by atoms with Gasteiger partial charge in [-0.3, -0.25) is 4.79 Å². The van der Waals surface area contributed by atoms with Crippen molar-refractivity contribution in [2.24, 2.45) is 0 Å². The maximum absolute atomic E-state index is 12.3. The Morgan fingerprint density at radius 2 is 1.96 bits per heavy atom. The topological polar surface area (TPSA) is 65.4 Å². The molecule has 0 aliphatic rings. The van der Waals surface area contributed by atoms with E-state index in [1.807, 2.05) is 0 Å². The lowest BCUT2D eigenvalue weighted by molar-refractivity contribution is 0.102. The molecule has 0 saturated heterocycles. The quantitative estimate of drug-likeness (QED) is 0.728. The van der Waals surface area contributed by atoms with E-state index >= 15 is 0 Å². The smallest absolute Gasteiger partial charge is 0.276 e. The largest absolute Gasteiger partial charge is 0.497 e. The van der Waals surface area contributed by atoms with E-state index in [9.17, 15) is 4.79 Å². The first-order valence-electron chi connectivity index (χ1n) is 7.51. The van der Waals surface area contributed by atoms with Crippen LogP contribution < -0.4 is 14.8 Å². The molecule has 0 fully saturated rings. The second kappa shape index (κ2) is 7.72. The summed E-state index contributed by atoms with van der Waals surface area (Å²) >= 11 is 5.83. The summed E-state index contributed by atoms with van der Waals surface area (Å²) in [4.78, 5) is 12.3. The van der Waals surface area contributed by atoms with Gasteiger partial charge in [-0.2, -0.15) is 5.10 Å². The van der Waals surface area contributed by atoms with Crippen molar-refractivity contribution in [1.82, 2.24) is 9.78 Å². The summed E-state index contributed by atoms with van der Waals surface area (Å²) in [7, 11) is 1.57. The molecule has 0 unspecified atom stereocenters. The van der Waals surface area contributed by atoms with Gasteiger partial charge in [0.05, 0.1) is 7.11 Å². The SMILES string of the molecule is COc1cccc(NC(=O)c2ccn(COc3ccc(Cl)cc3)n2)c1. The molecule has 0 aliphatic carbocycles. The van der Waals surface area contributed by atoms with Crippen LogP contribution in [0.4, 0.5) is 5.69 Å². The van der Waals surface area contributed by atoms with Crippen molar-refractivity contribution >= 4 is 23.2 Å². The fourth-order valence-electron chi connectivity index (χ4n) is 2.12. The molecule has 7 heteroatoms. The van der Waals surface area contributed by atoms with E-state index in [0.717, 1.165) is 0 Å². The van der Waals surface area contributed by atoms with Crippen LogP contribution in [-0.4, -0.2) is 22.8 Å². The number of anilines is 1. The van der Waals surface area contributed by atoms with Crippen LogP contribution in [0, 0.1) is 0 Å². The molecule has 1 N–H and O–H groups in total. The zero-order valence-corrected chi connectivity index (χ0v) is 14.2. The van der Waals surface area contributed by atoms with Gasteiger partial charge >= 0.3 is 0 Å². The molecule has 0 radical (unpaired) electrons. The van der Waals surface area contributed by atoms with Gasteiger partial charge < -0.3 is 14.8 Å². The Kier molecular flexibility index (Phi) is 5.20. The lowest BCUT2D eigenvalue weighted by Gasteiger charge is -2.06. The van der Waals surface area contributed by atoms with Crippen LogP contribution in [0.25, 0.3) is 0 Å². The Balaban J connectivity index is 1.60. The molecule has 0 aliphatic heterocycles. The van der Waals surface area contributed by atoms with Gasteiger partial charge in [0.25, 0.3) is 5.91 Å². The van der Waals surface area contributed by atoms with Gasteiger partial charge in [0.2, 0.25) is 0 Å². The molecule has 0 atom stereocenters. The van der Waals surface area contributed by atoms with Gasteiger partial charge in [-0.25, -0.2) is 4.68 Å². The summed E-state index contributed by atoms with van der Waals surface area (Å²) in [5, 5.41) is 7.62. The first kappa shape index (κ1) is 16.9. The number of carbonyl (C=O) groups excluding carboxylic acids is 1. The highest BCUT2D eigenvalue weighted by Gasteiger charge is 2.10. The number of methoxy groups -OCH3 is 1. The van der Waals surface area contributed by atoms with Crippen molar-refractivity contribution in [2.45, 2.75) is 6.73 Å². The second-order valence-corrected chi connectivity index (χ2v) is 5.59. The molecule has 1 aromatic heterocycles. The predicted molar refractivity (Wildman–Crippen MR) is 95.3 cm³/mol. The molecule has 0 bridgehead atoms. The highest BCUT2D eigenvalue weighted by atomic mass is 35.5. The van der Waals surface area contributed by atoms with Crippen LogP contribution in [0.5, 0.6) is 11.5 Å². The predicted octanol–water partition coefficient (Wildman–Crippen LogP) is 3.83. The molecule has 128 valence electrons. The van der Waals surface area contributed by atoms with E-state index in [1.165, 1.54) is 4.68 Å². The summed E-state index contributed by atoms with van der Waals surface area (Å²) in [6, 6.07) is 15.8. The molecule has 0 spiro atoms. The fourth-order valence-corrected chi connectivity index (χ4v) is 2.25. The number of nitrogens with zero attached hydrogens (tertiary/aromatic N) is 2. The number of benzene rings is 2. The average Bonchev–Trinajstić information content (AvgIpc) is 3.10. The third-order valence-electron chi connectivity index (χ3n) is 3.38. The highest BCUT2D eigenvalue weighted by Crippen LogP contribution is 2.18. The number of rotatable bonds is 6. The van der Waals surface area contributed by atoms with Crippen molar-refractivity contribution in [3.8, 4) is 11.5 Å². The highest BCUT2D eigenvalue weighted by molar-refractivity contribution is 6.30. The summed E-state index contributed by atoms with van der Waals surface area (Å²) in [6.07, 6.45) is 1.68. The minimum atomic E-state index is -0.307. The zero-order valence-electron chi connectivity index (χ0n) is 13.5. The Bertz CT molecular complexity index is 862. The number of nitrogens with one attached hydrogen (secondary N) is 1. The monoisotopic (exact) mass is 357 g/mol. The fraction of sp³-hybridized carbons (Fsp3) is 0.111. The number of halogens is 1. The van der Waals surface area contributed by atoms with Crippen molar-refractivity contribution in [1.29, 1.82) is 0 Å². The van der Waals surface area contributed by atoms with Crippen LogP contribution in [0.1, 0.15) is 10.5 Å². The minimum Gasteiger partial charge on any atom is -0.497 e. The maximum Gasteiger partial charge on any atom is 0.276 e. The first-order valence-corrected chi connectivity index (χ1v) is 7.89. The molecule has 6 nitrogen and oxygen atoms in total. The normalized spacial score (nSPS) is 10.3. The van der Waals surface area contributed by atoms with E-state index < -0.39 is 0 Å². The molecular formula is C18H16ClN3O3. The summed E-state index contributed by atoms with van der Waals surface area (Å²) in [5.74, 6) is 1.03. The Morgan fingerprint density at radius 1 is 1.16 bits per heavy atom. The minimum absolute atomic E-state index is 0.189. The number of ether oxygens (including phenoxy) is 2. The van der Waals surface area contributed by atoms with E-state index in [-0.39, 0.29) is 12.6 Å². The number of amides is 1. The van der Waals surface area contributed by atoms with Crippen molar-refractivity contribution in [2.75, 3.05) is 12.4 Å². The van der Waals surface area contributed by atoms with Gasteiger partial charge in [-0.1, -0.05) is 17.7 Å². The van der Waals surface area contributed by atoms with Gasteiger partial charge in [0.1, 0.15) is 11.5 Å². The van der Waals surface area contributed by atoms with Gasteiger partial charge in [0.15, 0.2) is 12.4 Å². The van der Waals surface area contributed by atoms with Crippen molar-refractivity contribution in [3.63, 3.8) is 0 Å². The third kappa shape index (κ3) is 4.51. The standard InChI is InChI=1S/C18H16ClN3O3/c1-24-16-4-2-3-14(11-16)20-18(23)17-9-10-22(21-17)12-25-15-7-5-13(19)6-8-15/h2-11H,12H2,1H3,(H,20,23). The number of hydrogen-bond donors (Lipinski definition) is 1. The number of aromatic nitrogens is 2. The Morgan fingerprint density at radius 3 is 2.72 bits per heavy atom. The van der Waals surface area contributed by atoms with Crippen LogP contribution in [0.15, 0.2) is 60.8 Å². The van der Waals surface area contributed by atoms with E-state index in [4.69, 9.17) is 21.1 Å². The van der Waals surface area contributed by atoms with Crippen LogP contribution in [0.2, 0.25) is 5.02 Å². The molecule has 1 heterocycles. The molecule has 1 amide bonds. The first-order chi connectivity index (χ1) is 12.1. The van der Waals surface area contributed by atoms with E-state index in [1.54, 1.807) is 67.9 Å². The van der Waals surface area contributed by atoms with Gasteiger partial charge in [0, 0.05) is 23.0 Å². The van der Waals surface area contributed by atoms with E-state index in [0.29, 0.717) is 27.9 Å².